The molecular weight excluding hydrogens is 622 g/mol. The molecule has 1 N–H and O–H groups in total. The number of halogens is 2. The minimum atomic E-state index is -0.742. The molecular formula is C28H19BrClN3O4S2. The number of carbonyl (C=O) groups is 3. The van der Waals surface area contributed by atoms with Crippen LogP contribution in [0, 0.1) is 5.92 Å². The lowest BCUT2D eigenvalue weighted by Crippen LogP contribution is -2.33. The van der Waals surface area contributed by atoms with Crippen molar-refractivity contribution in [3.63, 3.8) is 0 Å². The zero-order valence-corrected chi connectivity index (χ0v) is 24.0. The molecule has 3 heterocycles. The van der Waals surface area contributed by atoms with Crippen LogP contribution in [0.2, 0.25) is 5.02 Å². The Hall–Kier alpha value is -3.18. The summed E-state index contributed by atoms with van der Waals surface area (Å²) in [6.07, 6.45) is 0. The number of fused-ring (bicyclic) bond motifs is 2. The predicted octanol–water partition coefficient (Wildman–Crippen LogP) is 5.76. The Balaban J connectivity index is 1.41. The second-order valence-corrected chi connectivity index (χ2v) is 12.6. The number of para-hydroxylation sites is 1. The molecule has 0 saturated carbocycles. The van der Waals surface area contributed by atoms with Crippen LogP contribution in [0.4, 0.5) is 11.4 Å². The first-order valence-corrected chi connectivity index (χ1v) is 14.8. The maximum atomic E-state index is 13.9. The van der Waals surface area contributed by atoms with Crippen molar-refractivity contribution in [3.8, 4) is 0 Å². The Labute approximate surface area is 244 Å². The van der Waals surface area contributed by atoms with Gasteiger partial charge in [-0.05, 0) is 54.1 Å². The number of amides is 3. The number of nitrogens with zero attached hydrogens (tertiary/aromatic N) is 2. The first-order valence-electron chi connectivity index (χ1n) is 12.0. The van der Waals surface area contributed by atoms with E-state index in [2.05, 4.69) is 21.2 Å². The Morgan fingerprint density at radius 2 is 1.69 bits per heavy atom. The molecule has 1 saturated heterocycles. The van der Waals surface area contributed by atoms with Crippen LogP contribution in [0.1, 0.15) is 16.4 Å². The van der Waals surface area contributed by atoms with Crippen molar-refractivity contribution in [1.82, 2.24) is 4.57 Å². The highest BCUT2D eigenvalue weighted by Gasteiger charge is 2.56. The van der Waals surface area contributed by atoms with Gasteiger partial charge >= 0.3 is 4.87 Å². The van der Waals surface area contributed by atoms with Gasteiger partial charge in [-0.25, -0.2) is 4.90 Å². The monoisotopic (exact) mass is 639 g/mol. The van der Waals surface area contributed by atoms with Gasteiger partial charge in [0.2, 0.25) is 17.7 Å². The molecule has 1 fully saturated rings. The Morgan fingerprint density at radius 1 is 0.949 bits per heavy atom. The van der Waals surface area contributed by atoms with E-state index in [1.165, 1.54) is 21.2 Å². The summed E-state index contributed by atoms with van der Waals surface area (Å²) in [6, 6.07) is 23.1. The van der Waals surface area contributed by atoms with Crippen LogP contribution in [0.15, 0.2) is 93.2 Å². The average Bonchev–Trinajstić information content (AvgIpc) is 3.36. The molecule has 7 nitrogen and oxygen atoms in total. The second-order valence-electron chi connectivity index (χ2n) is 9.12. The van der Waals surface area contributed by atoms with Crippen LogP contribution in [0.5, 0.6) is 0 Å². The van der Waals surface area contributed by atoms with Crippen LogP contribution < -0.4 is 15.1 Å². The number of nitrogens with one attached hydrogen (secondary N) is 1. The molecule has 3 atom stereocenters. The maximum absolute atomic E-state index is 13.9. The highest BCUT2D eigenvalue weighted by atomic mass is 79.9. The molecule has 196 valence electrons. The van der Waals surface area contributed by atoms with E-state index in [9.17, 15) is 19.2 Å². The minimum absolute atomic E-state index is 0.229. The van der Waals surface area contributed by atoms with Gasteiger partial charge in [0.05, 0.1) is 16.6 Å². The number of thioether (sulfide) groups is 1. The Kier molecular flexibility index (Phi) is 6.96. The van der Waals surface area contributed by atoms with Crippen molar-refractivity contribution >= 4 is 79.7 Å². The lowest BCUT2D eigenvalue weighted by Gasteiger charge is -2.30. The highest BCUT2D eigenvalue weighted by molar-refractivity contribution is 9.10. The molecule has 1 aromatic heterocycles. The van der Waals surface area contributed by atoms with Gasteiger partial charge in [-0.3, -0.25) is 23.7 Å². The highest BCUT2D eigenvalue weighted by Crippen LogP contribution is 2.54. The number of hydrogen-bond acceptors (Lipinski definition) is 6. The Bertz CT molecular complexity index is 1670. The molecule has 0 radical (unpaired) electrons. The van der Waals surface area contributed by atoms with Gasteiger partial charge in [-0.15, -0.1) is 0 Å². The third-order valence-corrected chi connectivity index (χ3v) is 10.1. The third kappa shape index (κ3) is 4.75. The third-order valence-electron chi connectivity index (χ3n) is 6.70. The molecule has 0 bridgehead atoms. The predicted molar refractivity (Wildman–Crippen MR) is 157 cm³/mol. The summed E-state index contributed by atoms with van der Waals surface area (Å²) in [4.78, 5) is 55.3. The van der Waals surface area contributed by atoms with Gasteiger partial charge in [0.1, 0.15) is 11.8 Å². The number of carbonyl (C=O) groups excluding carboxylic acids is 3. The standard InChI is InChI=1S/C28H19BrClN3O4S2/c29-16-6-4-5-15(13-16)21-22-23(26(36)33(25(22)35)19-7-2-1-3-8-19)38-27-24(21)39-28(37)32(27)14-20(34)31-18-11-9-17(30)10-12-18/h1-13,21-23H,14H2,(H,31,34). The average molecular weight is 641 g/mol. The number of aromatic nitrogens is 1. The number of thiazole rings is 1. The summed E-state index contributed by atoms with van der Waals surface area (Å²) in [5.41, 5.74) is 1.88. The SMILES string of the molecule is O=C(Cn1c2c(sc1=O)C(c1cccc(Br)c1)C1C(=O)N(c3ccccc3)C(=O)C1S2)Nc1ccc(Cl)cc1. The van der Waals surface area contributed by atoms with Gasteiger partial charge in [0.15, 0.2) is 0 Å². The molecule has 2 aliphatic heterocycles. The van der Waals surface area contributed by atoms with E-state index in [0.29, 0.717) is 26.3 Å². The number of benzene rings is 3. The number of hydrogen-bond donors (Lipinski definition) is 1. The number of rotatable bonds is 5. The summed E-state index contributed by atoms with van der Waals surface area (Å²) >= 11 is 11.7. The molecule has 39 heavy (non-hydrogen) atoms. The second kappa shape index (κ2) is 10.4. The zero-order chi connectivity index (χ0) is 27.3. The smallest absolute Gasteiger partial charge is 0.308 e. The van der Waals surface area contributed by atoms with E-state index in [0.717, 1.165) is 21.4 Å². The fourth-order valence-corrected chi connectivity index (χ4v) is 8.34. The van der Waals surface area contributed by atoms with E-state index in [1.807, 2.05) is 30.3 Å². The van der Waals surface area contributed by atoms with Crippen LogP contribution in [0.25, 0.3) is 0 Å². The van der Waals surface area contributed by atoms with Crippen LogP contribution in [-0.4, -0.2) is 27.5 Å². The van der Waals surface area contributed by atoms with Gasteiger partial charge in [-0.1, -0.05) is 81.0 Å². The molecule has 11 heteroatoms. The van der Waals surface area contributed by atoms with Crippen molar-refractivity contribution in [2.75, 3.05) is 10.2 Å². The van der Waals surface area contributed by atoms with E-state index in [1.54, 1.807) is 48.5 Å². The van der Waals surface area contributed by atoms with Crippen LogP contribution in [-0.2, 0) is 20.9 Å². The molecule has 3 amide bonds. The summed E-state index contributed by atoms with van der Waals surface area (Å²) in [7, 11) is 0. The van der Waals surface area contributed by atoms with Gasteiger partial charge < -0.3 is 5.32 Å². The van der Waals surface area contributed by atoms with Crippen molar-refractivity contribution < 1.29 is 14.4 Å². The quantitative estimate of drug-likeness (QED) is 0.280. The Morgan fingerprint density at radius 3 is 2.41 bits per heavy atom. The summed E-state index contributed by atoms with van der Waals surface area (Å²) in [5, 5.41) is 3.13. The van der Waals surface area contributed by atoms with Crippen molar-refractivity contribution in [2.45, 2.75) is 22.7 Å². The topological polar surface area (TPSA) is 88.5 Å². The van der Waals surface area contributed by atoms with Gasteiger partial charge in [0, 0.05) is 26.0 Å². The molecule has 6 rings (SSSR count). The molecule has 0 aliphatic carbocycles. The number of anilines is 2. The van der Waals surface area contributed by atoms with E-state index in [4.69, 9.17) is 11.6 Å². The normalized spacial score (nSPS) is 20.1. The van der Waals surface area contributed by atoms with Crippen molar-refractivity contribution in [3.05, 3.63) is 108 Å². The molecule has 4 aromatic rings. The van der Waals surface area contributed by atoms with Gasteiger partial charge in [-0.2, -0.15) is 0 Å². The van der Waals surface area contributed by atoms with E-state index >= 15 is 0 Å². The fourth-order valence-electron chi connectivity index (χ4n) is 5.02. The fraction of sp³-hybridized carbons (Fsp3) is 0.143. The molecule has 0 spiro atoms. The molecule has 3 aromatic carbocycles. The van der Waals surface area contributed by atoms with Crippen molar-refractivity contribution in [1.29, 1.82) is 0 Å². The summed E-state index contributed by atoms with van der Waals surface area (Å²) < 4.78 is 2.22. The lowest BCUT2D eigenvalue weighted by atomic mass is 9.83. The maximum Gasteiger partial charge on any atom is 0.308 e. The zero-order valence-electron chi connectivity index (χ0n) is 20.0. The van der Waals surface area contributed by atoms with Crippen LogP contribution in [0.3, 0.4) is 0 Å². The molecule has 2 aliphatic rings. The first kappa shape index (κ1) is 26.1. The minimum Gasteiger partial charge on any atom is -0.325 e. The summed E-state index contributed by atoms with van der Waals surface area (Å²) in [5.74, 6) is -2.23. The first-order chi connectivity index (χ1) is 18.8. The van der Waals surface area contributed by atoms with Crippen LogP contribution >= 0.6 is 50.6 Å². The van der Waals surface area contributed by atoms with E-state index in [-0.39, 0.29) is 29.1 Å². The van der Waals surface area contributed by atoms with E-state index < -0.39 is 17.1 Å². The largest absolute Gasteiger partial charge is 0.325 e. The number of imide groups is 1. The van der Waals surface area contributed by atoms with Gasteiger partial charge in [0.25, 0.3) is 0 Å². The molecule has 3 unspecified atom stereocenters. The summed E-state index contributed by atoms with van der Waals surface area (Å²) in [6.45, 7) is -0.229. The van der Waals surface area contributed by atoms with Crippen molar-refractivity contribution in [2.24, 2.45) is 5.92 Å². The lowest BCUT2D eigenvalue weighted by molar-refractivity contribution is -0.122.